The molecule has 1 aliphatic carbocycles. The van der Waals surface area contributed by atoms with E-state index in [0.29, 0.717) is 5.75 Å². The largest absolute Gasteiger partial charge is 0.508 e. The molecule has 1 N–H and O–H groups in total. The van der Waals surface area contributed by atoms with Crippen LogP contribution in [0.25, 0.3) is 0 Å². The van der Waals surface area contributed by atoms with Gasteiger partial charge < -0.3 is 14.6 Å². The van der Waals surface area contributed by atoms with Gasteiger partial charge in [0, 0.05) is 22.0 Å². The minimum atomic E-state index is -0.502. The van der Waals surface area contributed by atoms with Crippen LogP contribution < -0.4 is 0 Å². The Hall–Kier alpha value is -0.330. The van der Waals surface area contributed by atoms with E-state index in [4.69, 9.17) is 9.47 Å². The summed E-state index contributed by atoms with van der Waals surface area (Å²) >= 11 is 2.32. The molecule has 0 spiro atoms. The van der Waals surface area contributed by atoms with Crippen LogP contribution in [0.4, 0.5) is 0 Å². The molecule has 1 aliphatic heterocycles. The summed E-state index contributed by atoms with van der Waals surface area (Å²) in [6.45, 7) is 3.89. The lowest BCUT2D eigenvalue weighted by Gasteiger charge is -2.26. The van der Waals surface area contributed by atoms with Crippen molar-refractivity contribution < 1.29 is 14.6 Å². The predicted molar refractivity (Wildman–Crippen MR) is 72.1 cm³/mol. The number of halogens is 1. The van der Waals surface area contributed by atoms with E-state index in [-0.39, 0.29) is 12.2 Å². The molecule has 0 amide bonds. The van der Waals surface area contributed by atoms with Gasteiger partial charge in [0.15, 0.2) is 5.79 Å². The number of ether oxygens (including phenoxy) is 2. The van der Waals surface area contributed by atoms with Crippen molar-refractivity contribution >= 4 is 22.6 Å². The monoisotopic (exact) mass is 346 g/mol. The second kappa shape index (κ2) is 3.83. The van der Waals surface area contributed by atoms with E-state index in [1.54, 1.807) is 6.07 Å². The van der Waals surface area contributed by atoms with E-state index in [0.717, 1.165) is 18.4 Å². The van der Waals surface area contributed by atoms with Gasteiger partial charge in [0.1, 0.15) is 5.75 Å². The van der Waals surface area contributed by atoms with Gasteiger partial charge in [0.2, 0.25) is 0 Å². The zero-order valence-electron chi connectivity index (χ0n) is 9.87. The van der Waals surface area contributed by atoms with Gasteiger partial charge in [-0.25, -0.2) is 0 Å². The normalized spacial score (nSPS) is 29.8. The maximum atomic E-state index is 9.93. The van der Waals surface area contributed by atoms with Crippen molar-refractivity contribution in [3.8, 4) is 5.75 Å². The molecule has 2 aliphatic rings. The SMILES string of the molecule is CC1(C)O[C@H]2Cc3c(I)ccc(O)c3C[C@H]2O1. The third-order valence-electron chi connectivity index (χ3n) is 3.44. The van der Waals surface area contributed by atoms with E-state index in [1.807, 2.05) is 19.9 Å². The van der Waals surface area contributed by atoms with Crippen LogP contribution in [0.3, 0.4) is 0 Å². The van der Waals surface area contributed by atoms with E-state index < -0.39 is 5.79 Å². The van der Waals surface area contributed by atoms with Crippen LogP contribution >= 0.6 is 22.6 Å². The Morgan fingerprint density at radius 2 is 1.76 bits per heavy atom. The van der Waals surface area contributed by atoms with Crippen LogP contribution in [0.15, 0.2) is 12.1 Å². The van der Waals surface area contributed by atoms with Crippen LogP contribution in [0.1, 0.15) is 25.0 Å². The number of rotatable bonds is 0. The molecule has 0 radical (unpaired) electrons. The highest BCUT2D eigenvalue weighted by molar-refractivity contribution is 14.1. The Labute approximate surface area is 114 Å². The summed E-state index contributed by atoms with van der Waals surface area (Å²) in [6.07, 6.45) is 1.76. The van der Waals surface area contributed by atoms with Gasteiger partial charge in [-0.2, -0.15) is 0 Å². The number of fused-ring (bicyclic) bond motifs is 2. The number of phenolic OH excluding ortho intramolecular Hbond substituents is 1. The molecular weight excluding hydrogens is 331 g/mol. The van der Waals surface area contributed by atoms with Crippen molar-refractivity contribution in [1.29, 1.82) is 0 Å². The Bertz CT molecular complexity index is 429. The molecule has 3 nitrogen and oxygen atoms in total. The van der Waals surface area contributed by atoms with E-state index >= 15 is 0 Å². The lowest BCUT2D eigenvalue weighted by Crippen LogP contribution is -2.32. The molecule has 0 saturated carbocycles. The second-order valence-electron chi connectivity index (χ2n) is 5.14. The highest BCUT2D eigenvalue weighted by Crippen LogP contribution is 2.40. The fourth-order valence-electron chi connectivity index (χ4n) is 2.76. The van der Waals surface area contributed by atoms with Crippen LogP contribution in [0.2, 0.25) is 0 Å². The molecule has 1 aromatic carbocycles. The summed E-state index contributed by atoms with van der Waals surface area (Å²) in [5.74, 6) is -0.120. The molecule has 92 valence electrons. The summed E-state index contributed by atoms with van der Waals surface area (Å²) < 4.78 is 13.0. The summed E-state index contributed by atoms with van der Waals surface area (Å²) in [5, 5.41) is 9.93. The first-order valence-electron chi connectivity index (χ1n) is 5.81. The Balaban J connectivity index is 1.99. The van der Waals surface area contributed by atoms with Crippen molar-refractivity contribution in [3.05, 3.63) is 26.8 Å². The smallest absolute Gasteiger partial charge is 0.163 e. The Morgan fingerprint density at radius 3 is 2.41 bits per heavy atom. The first kappa shape index (κ1) is 11.7. The quantitative estimate of drug-likeness (QED) is 0.734. The predicted octanol–water partition coefficient (Wildman–Crippen LogP) is 2.62. The van der Waals surface area contributed by atoms with Gasteiger partial charge in [0.25, 0.3) is 0 Å². The molecule has 0 unspecified atom stereocenters. The molecule has 3 rings (SSSR count). The Kier molecular flexibility index (Phi) is 2.65. The zero-order chi connectivity index (χ0) is 12.2. The highest BCUT2D eigenvalue weighted by Gasteiger charge is 2.44. The van der Waals surface area contributed by atoms with Crippen LogP contribution in [-0.4, -0.2) is 23.1 Å². The van der Waals surface area contributed by atoms with Crippen LogP contribution in [-0.2, 0) is 22.3 Å². The van der Waals surface area contributed by atoms with E-state index in [2.05, 4.69) is 22.6 Å². The number of hydrogen-bond acceptors (Lipinski definition) is 3. The number of aromatic hydroxyl groups is 1. The minimum Gasteiger partial charge on any atom is -0.508 e. The van der Waals surface area contributed by atoms with Gasteiger partial charge in [-0.1, -0.05) is 0 Å². The van der Waals surface area contributed by atoms with Gasteiger partial charge in [-0.15, -0.1) is 0 Å². The van der Waals surface area contributed by atoms with Crippen molar-refractivity contribution in [2.24, 2.45) is 0 Å². The second-order valence-corrected chi connectivity index (χ2v) is 6.31. The zero-order valence-corrected chi connectivity index (χ0v) is 12.0. The summed E-state index contributed by atoms with van der Waals surface area (Å²) in [5.41, 5.74) is 2.24. The number of benzene rings is 1. The topological polar surface area (TPSA) is 38.7 Å². The van der Waals surface area contributed by atoms with Crippen LogP contribution in [0, 0.1) is 3.57 Å². The number of hydrogen-bond donors (Lipinski definition) is 1. The Morgan fingerprint density at radius 1 is 1.18 bits per heavy atom. The molecule has 1 fully saturated rings. The van der Waals surface area contributed by atoms with E-state index in [1.165, 1.54) is 9.13 Å². The summed E-state index contributed by atoms with van der Waals surface area (Å²) in [7, 11) is 0. The molecule has 1 aromatic rings. The summed E-state index contributed by atoms with van der Waals surface area (Å²) in [6, 6.07) is 3.72. The fourth-order valence-corrected chi connectivity index (χ4v) is 3.48. The van der Waals surface area contributed by atoms with Crippen molar-refractivity contribution in [1.82, 2.24) is 0 Å². The molecule has 17 heavy (non-hydrogen) atoms. The van der Waals surface area contributed by atoms with Crippen molar-refractivity contribution in [2.45, 2.75) is 44.7 Å². The average Bonchev–Trinajstić information content (AvgIpc) is 2.54. The maximum absolute atomic E-state index is 9.93. The lowest BCUT2D eigenvalue weighted by atomic mass is 9.87. The fraction of sp³-hybridized carbons (Fsp3) is 0.538. The van der Waals surface area contributed by atoms with E-state index in [9.17, 15) is 5.11 Å². The molecule has 2 atom stereocenters. The molecule has 0 aromatic heterocycles. The standard InChI is InChI=1S/C13H15IO3/c1-13(2)16-11-5-7-8(6-12(11)17-13)10(15)4-3-9(7)14/h3-4,11-12,15H,5-6H2,1-2H3/t11-,12+/m0/s1. The van der Waals surface area contributed by atoms with Crippen molar-refractivity contribution in [2.75, 3.05) is 0 Å². The van der Waals surface area contributed by atoms with Gasteiger partial charge in [-0.05, 0) is 54.1 Å². The third-order valence-corrected chi connectivity index (χ3v) is 4.46. The van der Waals surface area contributed by atoms with Gasteiger partial charge >= 0.3 is 0 Å². The maximum Gasteiger partial charge on any atom is 0.163 e. The minimum absolute atomic E-state index is 0.0709. The molecular formula is C13H15IO3. The molecule has 4 heteroatoms. The van der Waals surface area contributed by atoms with Gasteiger partial charge in [-0.3, -0.25) is 0 Å². The van der Waals surface area contributed by atoms with Crippen LogP contribution in [0.5, 0.6) is 5.75 Å². The molecule has 1 saturated heterocycles. The highest BCUT2D eigenvalue weighted by atomic mass is 127. The van der Waals surface area contributed by atoms with Gasteiger partial charge in [0.05, 0.1) is 12.2 Å². The first-order valence-corrected chi connectivity index (χ1v) is 6.89. The number of phenols is 1. The third kappa shape index (κ3) is 1.96. The molecule has 1 heterocycles. The van der Waals surface area contributed by atoms with Crippen molar-refractivity contribution in [3.63, 3.8) is 0 Å². The lowest BCUT2D eigenvalue weighted by molar-refractivity contribution is -0.145. The first-order chi connectivity index (χ1) is 7.96. The summed E-state index contributed by atoms with van der Waals surface area (Å²) in [4.78, 5) is 0. The average molecular weight is 346 g/mol. The molecule has 0 bridgehead atoms.